The molecule has 1 heterocycles. The first-order chi connectivity index (χ1) is 9.57. The van der Waals surface area contributed by atoms with Crippen molar-refractivity contribution in [3.8, 4) is 11.1 Å². The molecule has 1 aromatic heterocycles. The monoisotopic (exact) mass is 331 g/mol. The quantitative estimate of drug-likeness (QED) is 0.905. The van der Waals surface area contributed by atoms with Crippen LogP contribution in [0.25, 0.3) is 11.1 Å². The summed E-state index contributed by atoms with van der Waals surface area (Å²) in [7, 11) is -3.49. The number of benzene rings is 1. The Morgan fingerprint density at radius 3 is 2.48 bits per heavy atom. The highest BCUT2D eigenvalue weighted by Gasteiger charge is 2.38. The van der Waals surface area contributed by atoms with Crippen LogP contribution in [0.1, 0.15) is 19.5 Å². The SMILES string of the molecule is CC(C)(c1[nH]nc(N)c1-c1c(F)cccc1Cl)S(C)(=O)=O. The van der Waals surface area contributed by atoms with E-state index in [1.807, 2.05) is 0 Å². The number of nitrogens with zero attached hydrogens (tertiary/aromatic N) is 1. The van der Waals surface area contributed by atoms with E-state index in [0.717, 1.165) is 6.26 Å². The number of nitrogens with one attached hydrogen (secondary N) is 1. The maximum atomic E-state index is 14.1. The molecule has 1 aromatic carbocycles. The number of aromatic nitrogens is 2. The van der Waals surface area contributed by atoms with Gasteiger partial charge in [0.2, 0.25) is 0 Å². The Labute approximate surface area is 127 Å². The second-order valence-corrected chi connectivity index (χ2v) is 8.21. The smallest absolute Gasteiger partial charge is 0.158 e. The molecule has 114 valence electrons. The average molecular weight is 332 g/mol. The molecule has 5 nitrogen and oxygen atoms in total. The van der Waals surface area contributed by atoms with Gasteiger partial charge in [0, 0.05) is 11.8 Å². The van der Waals surface area contributed by atoms with E-state index in [1.165, 1.54) is 32.0 Å². The minimum absolute atomic E-state index is 0.00581. The van der Waals surface area contributed by atoms with Gasteiger partial charge in [0.05, 0.1) is 16.3 Å². The predicted molar refractivity (Wildman–Crippen MR) is 81.3 cm³/mol. The Hall–Kier alpha value is -1.60. The Morgan fingerprint density at radius 1 is 1.33 bits per heavy atom. The van der Waals surface area contributed by atoms with Crippen molar-refractivity contribution in [3.63, 3.8) is 0 Å². The van der Waals surface area contributed by atoms with Gasteiger partial charge < -0.3 is 5.73 Å². The second kappa shape index (κ2) is 4.99. The lowest BCUT2D eigenvalue weighted by Gasteiger charge is -2.23. The number of rotatable bonds is 3. The standard InChI is InChI=1S/C13H15ClFN3O2S/c1-13(2,21(3,19)20)11-10(12(16)18-17-11)9-7(14)5-4-6-8(9)15/h4-6H,1-3H3,(H3,16,17,18). The van der Waals surface area contributed by atoms with Gasteiger partial charge in [0.25, 0.3) is 0 Å². The molecule has 0 fully saturated rings. The van der Waals surface area contributed by atoms with Gasteiger partial charge in [-0.25, -0.2) is 12.8 Å². The molecule has 0 radical (unpaired) electrons. The van der Waals surface area contributed by atoms with Gasteiger partial charge in [-0.15, -0.1) is 0 Å². The van der Waals surface area contributed by atoms with E-state index in [1.54, 1.807) is 0 Å². The predicted octanol–water partition coefficient (Wildman–Crippen LogP) is 2.73. The minimum atomic E-state index is -3.49. The van der Waals surface area contributed by atoms with Crippen molar-refractivity contribution in [2.75, 3.05) is 12.0 Å². The fourth-order valence-corrected chi connectivity index (χ4v) is 2.74. The average Bonchev–Trinajstić information content (AvgIpc) is 2.70. The van der Waals surface area contributed by atoms with Gasteiger partial charge in [-0.3, -0.25) is 5.10 Å². The largest absolute Gasteiger partial charge is 0.382 e. The summed E-state index contributed by atoms with van der Waals surface area (Å²) in [5.74, 6) is -0.602. The van der Waals surface area contributed by atoms with Crippen molar-refractivity contribution in [2.45, 2.75) is 18.6 Å². The molecule has 0 aliphatic carbocycles. The zero-order chi connectivity index (χ0) is 16.0. The summed E-state index contributed by atoms with van der Waals surface area (Å²) in [6.07, 6.45) is 1.09. The van der Waals surface area contributed by atoms with Crippen LogP contribution in [0.15, 0.2) is 18.2 Å². The third-order valence-electron chi connectivity index (χ3n) is 3.54. The summed E-state index contributed by atoms with van der Waals surface area (Å²) >= 11 is 6.04. The fraction of sp³-hybridized carbons (Fsp3) is 0.308. The van der Waals surface area contributed by atoms with E-state index in [9.17, 15) is 12.8 Å². The van der Waals surface area contributed by atoms with Crippen LogP contribution in [-0.2, 0) is 14.6 Å². The number of anilines is 1. The molecule has 0 aliphatic rings. The summed E-state index contributed by atoms with van der Waals surface area (Å²) in [6, 6.07) is 4.19. The van der Waals surface area contributed by atoms with E-state index in [4.69, 9.17) is 17.3 Å². The number of hydrogen-bond donors (Lipinski definition) is 2. The molecule has 0 atom stereocenters. The Balaban J connectivity index is 2.82. The lowest BCUT2D eigenvalue weighted by molar-refractivity contribution is 0.556. The lowest BCUT2D eigenvalue weighted by Crippen LogP contribution is -2.29. The first-order valence-corrected chi connectivity index (χ1v) is 8.32. The zero-order valence-electron chi connectivity index (χ0n) is 11.7. The number of nitrogens with two attached hydrogens (primary N) is 1. The third-order valence-corrected chi connectivity index (χ3v) is 5.91. The molecular formula is C13H15ClFN3O2S. The summed E-state index contributed by atoms with van der Waals surface area (Å²) in [4.78, 5) is 0. The molecule has 0 aliphatic heterocycles. The number of aromatic amines is 1. The first kappa shape index (κ1) is 15.8. The molecule has 0 saturated heterocycles. The molecule has 0 amide bonds. The number of nitrogen functional groups attached to an aromatic ring is 1. The number of hydrogen-bond acceptors (Lipinski definition) is 4. The fourth-order valence-electron chi connectivity index (χ4n) is 1.97. The summed E-state index contributed by atoms with van der Waals surface area (Å²) in [5.41, 5.74) is 6.21. The van der Waals surface area contributed by atoms with Gasteiger partial charge >= 0.3 is 0 Å². The number of halogens is 2. The molecular weight excluding hydrogens is 317 g/mol. The van der Waals surface area contributed by atoms with Crippen LogP contribution in [-0.4, -0.2) is 24.9 Å². The summed E-state index contributed by atoms with van der Waals surface area (Å²) < 4.78 is 36.8. The summed E-state index contributed by atoms with van der Waals surface area (Å²) in [6.45, 7) is 2.99. The van der Waals surface area contributed by atoms with E-state index in [2.05, 4.69) is 10.2 Å². The van der Waals surface area contributed by atoms with E-state index < -0.39 is 20.4 Å². The molecule has 8 heteroatoms. The Bertz CT molecular complexity index is 779. The topological polar surface area (TPSA) is 88.8 Å². The van der Waals surface area contributed by atoms with Crippen molar-refractivity contribution in [2.24, 2.45) is 0 Å². The maximum absolute atomic E-state index is 14.1. The van der Waals surface area contributed by atoms with Crippen LogP contribution < -0.4 is 5.73 Å². The maximum Gasteiger partial charge on any atom is 0.158 e. The van der Waals surface area contributed by atoms with Crippen LogP contribution in [0.3, 0.4) is 0 Å². The molecule has 0 saturated carbocycles. The van der Waals surface area contributed by atoms with Crippen LogP contribution in [0.4, 0.5) is 10.2 Å². The van der Waals surface area contributed by atoms with Gasteiger partial charge in [0.1, 0.15) is 10.6 Å². The molecule has 3 N–H and O–H groups in total. The lowest BCUT2D eigenvalue weighted by atomic mass is 9.98. The van der Waals surface area contributed by atoms with E-state index >= 15 is 0 Å². The van der Waals surface area contributed by atoms with Crippen molar-refractivity contribution in [3.05, 3.63) is 34.7 Å². The van der Waals surface area contributed by atoms with Gasteiger partial charge in [-0.05, 0) is 26.0 Å². The molecule has 2 rings (SSSR count). The van der Waals surface area contributed by atoms with Crippen molar-refractivity contribution < 1.29 is 12.8 Å². The van der Waals surface area contributed by atoms with Crippen LogP contribution >= 0.6 is 11.6 Å². The molecule has 0 unspecified atom stereocenters. The van der Waals surface area contributed by atoms with Crippen molar-refractivity contribution in [1.29, 1.82) is 0 Å². The van der Waals surface area contributed by atoms with Gasteiger partial charge in [0.15, 0.2) is 15.7 Å². The van der Waals surface area contributed by atoms with Crippen LogP contribution in [0.5, 0.6) is 0 Å². The van der Waals surface area contributed by atoms with E-state index in [-0.39, 0.29) is 27.7 Å². The van der Waals surface area contributed by atoms with Crippen LogP contribution in [0, 0.1) is 5.82 Å². The molecule has 0 spiro atoms. The van der Waals surface area contributed by atoms with Crippen LogP contribution in [0.2, 0.25) is 5.02 Å². The minimum Gasteiger partial charge on any atom is -0.382 e. The highest BCUT2D eigenvalue weighted by Crippen LogP contribution is 2.41. The van der Waals surface area contributed by atoms with Crippen molar-refractivity contribution in [1.82, 2.24) is 10.2 Å². The molecule has 21 heavy (non-hydrogen) atoms. The third kappa shape index (κ3) is 2.51. The first-order valence-electron chi connectivity index (χ1n) is 6.05. The Morgan fingerprint density at radius 2 is 1.95 bits per heavy atom. The molecule has 2 aromatic rings. The van der Waals surface area contributed by atoms with E-state index in [0.29, 0.717) is 0 Å². The van der Waals surface area contributed by atoms with Gasteiger partial charge in [-0.2, -0.15) is 5.10 Å². The number of H-pyrrole nitrogens is 1. The Kier molecular flexibility index (Phi) is 3.75. The van der Waals surface area contributed by atoms with Gasteiger partial charge in [-0.1, -0.05) is 17.7 Å². The highest BCUT2D eigenvalue weighted by atomic mass is 35.5. The zero-order valence-corrected chi connectivity index (χ0v) is 13.3. The summed E-state index contributed by atoms with van der Waals surface area (Å²) in [5, 5.41) is 6.55. The highest BCUT2D eigenvalue weighted by molar-refractivity contribution is 7.91. The number of sulfone groups is 1. The second-order valence-electron chi connectivity index (χ2n) is 5.24. The van der Waals surface area contributed by atoms with Crippen molar-refractivity contribution >= 4 is 27.3 Å². The molecule has 0 bridgehead atoms. The normalized spacial score (nSPS) is 12.6.